The van der Waals surface area contributed by atoms with Crippen LogP contribution in [0.3, 0.4) is 0 Å². The zero-order valence-electron chi connectivity index (χ0n) is 14.8. The smallest absolute Gasteiger partial charge is 0.274 e. The standard InChI is InChI=1S/C18H17F2N7O/c19-18(20)3-7-26(8-4-18)17(28)14-9-15(13-2-1-12(21)10-24-13)27(25-14)16-11-22-5-6-23-16/h1-2,5-6,9-11H,3-4,7-8,21H2. The number of halogens is 2. The molecule has 1 saturated heterocycles. The molecule has 0 saturated carbocycles. The summed E-state index contributed by atoms with van der Waals surface area (Å²) in [6.07, 6.45) is 5.33. The van der Waals surface area contributed by atoms with Crippen LogP contribution in [0.1, 0.15) is 23.3 Å². The second-order valence-electron chi connectivity index (χ2n) is 6.52. The fourth-order valence-corrected chi connectivity index (χ4v) is 3.00. The van der Waals surface area contributed by atoms with Gasteiger partial charge in [0.15, 0.2) is 11.5 Å². The molecule has 0 aliphatic carbocycles. The van der Waals surface area contributed by atoms with E-state index in [4.69, 9.17) is 5.73 Å². The number of amides is 1. The Bertz CT molecular complexity index is 979. The molecule has 3 aromatic rings. The number of nitrogen functional groups attached to an aromatic ring is 1. The first kappa shape index (κ1) is 18.0. The number of aromatic nitrogens is 5. The monoisotopic (exact) mass is 385 g/mol. The number of nitrogens with two attached hydrogens (primary N) is 1. The Hall–Kier alpha value is -3.43. The molecule has 2 N–H and O–H groups in total. The minimum atomic E-state index is -2.73. The molecule has 1 amide bonds. The Morgan fingerprint density at radius 2 is 1.89 bits per heavy atom. The summed E-state index contributed by atoms with van der Waals surface area (Å²) in [5.74, 6) is -2.73. The van der Waals surface area contributed by atoms with Gasteiger partial charge in [-0.25, -0.2) is 18.4 Å². The molecule has 4 rings (SSSR count). The van der Waals surface area contributed by atoms with E-state index in [1.54, 1.807) is 18.2 Å². The number of hydrogen-bond acceptors (Lipinski definition) is 6. The van der Waals surface area contributed by atoms with Gasteiger partial charge in [-0.3, -0.25) is 14.8 Å². The highest BCUT2D eigenvalue weighted by atomic mass is 19.3. The van der Waals surface area contributed by atoms with E-state index in [0.717, 1.165) is 0 Å². The summed E-state index contributed by atoms with van der Waals surface area (Å²) in [4.78, 5) is 26.7. The van der Waals surface area contributed by atoms with E-state index in [2.05, 4.69) is 20.1 Å². The van der Waals surface area contributed by atoms with E-state index in [0.29, 0.717) is 22.9 Å². The maximum atomic E-state index is 13.4. The molecule has 4 heterocycles. The third kappa shape index (κ3) is 3.53. The number of nitrogens with zero attached hydrogens (tertiary/aromatic N) is 6. The van der Waals surface area contributed by atoms with Crippen molar-refractivity contribution in [1.82, 2.24) is 29.6 Å². The number of alkyl halides is 2. The second kappa shape index (κ2) is 6.95. The molecule has 0 bridgehead atoms. The van der Waals surface area contributed by atoms with Gasteiger partial charge < -0.3 is 10.6 Å². The molecular formula is C18H17F2N7O. The third-order valence-electron chi connectivity index (χ3n) is 4.53. The van der Waals surface area contributed by atoms with Crippen LogP contribution < -0.4 is 5.73 Å². The van der Waals surface area contributed by atoms with Crippen LogP contribution in [0.2, 0.25) is 0 Å². The van der Waals surface area contributed by atoms with Gasteiger partial charge in [0, 0.05) is 38.3 Å². The minimum absolute atomic E-state index is 0.0146. The molecule has 28 heavy (non-hydrogen) atoms. The van der Waals surface area contributed by atoms with Crippen LogP contribution in [0.15, 0.2) is 43.0 Å². The molecule has 1 aliphatic heterocycles. The van der Waals surface area contributed by atoms with Crippen LogP contribution >= 0.6 is 0 Å². The van der Waals surface area contributed by atoms with Crippen molar-refractivity contribution in [3.63, 3.8) is 0 Å². The van der Waals surface area contributed by atoms with E-state index >= 15 is 0 Å². The molecular weight excluding hydrogens is 368 g/mol. The van der Waals surface area contributed by atoms with Crippen molar-refractivity contribution in [2.24, 2.45) is 0 Å². The van der Waals surface area contributed by atoms with Crippen LogP contribution in [-0.4, -0.2) is 54.6 Å². The molecule has 0 unspecified atom stereocenters. The number of carbonyl (C=O) groups is 1. The van der Waals surface area contributed by atoms with Crippen LogP contribution in [0, 0.1) is 0 Å². The highest BCUT2D eigenvalue weighted by Crippen LogP contribution is 2.29. The molecule has 3 aromatic heterocycles. The summed E-state index contributed by atoms with van der Waals surface area (Å²) in [6.45, 7) is -0.0292. The normalized spacial score (nSPS) is 16.1. The number of rotatable bonds is 3. The molecule has 10 heteroatoms. The summed E-state index contributed by atoms with van der Waals surface area (Å²) < 4.78 is 28.2. The number of piperidine rings is 1. The van der Waals surface area contributed by atoms with E-state index in [-0.39, 0.29) is 31.6 Å². The van der Waals surface area contributed by atoms with Crippen molar-refractivity contribution in [3.8, 4) is 17.2 Å². The van der Waals surface area contributed by atoms with Gasteiger partial charge in [-0.2, -0.15) is 5.10 Å². The van der Waals surface area contributed by atoms with E-state index < -0.39 is 11.8 Å². The largest absolute Gasteiger partial charge is 0.397 e. The fraction of sp³-hybridized carbons (Fsp3) is 0.278. The highest BCUT2D eigenvalue weighted by Gasteiger charge is 2.36. The summed E-state index contributed by atoms with van der Waals surface area (Å²) in [5, 5.41) is 4.35. The van der Waals surface area contributed by atoms with E-state index in [9.17, 15) is 13.6 Å². The Kier molecular flexibility index (Phi) is 4.46. The second-order valence-corrected chi connectivity index (χ2v) is 6.52. The van der Waals surface area contributed by atoms with Gasteiger partial charge in [0.05, 0.1) is 29.5 Å². The van der Waals surface area contributed by atoms with Gasteiger partial charge in [0.1, 0.15) is 0 Å². The fourth-order valence-electron chi connectivity index (χ4n) is 3.00. The SMILES string of the molecule is Nc1ccc(-c2cc(C(=O)N3CCC(F)(F)CC3)nn2-c2cnccn2)nc1. The number of hydrogen-bond donors (Lipinski definition) is 1. The number of anilines is 1. The lowest BCUT2D eigenvalue weighted by molar-refractivity contribution is -0.0495. The first-order chi connectivity index (χ1) is 13.4. The molecule has 144 valence electrons. The van der Waals surface area contributed by atoms with Crippen LogP contribution in [0.25, 0.3) is 17.2 Å². The molecule has 0 spiro atoms. The Morgan fingerprint density at radius 3 is 2.54 bits per heavy atom. The maximum absolute atomic E-state index is 13.4. The number of likely N-dealkylation sites (tertiary alicyclic amines) is 1. The average molecular weight is 385 g/mol. The van der Waals surface area contributed by atoms with E-state index in [1.807, 2.05) is 0 Å². The molecule has 0 atom stereocenters. The molecule has 8 nitrogen and oxygen atoms in total. The quantitative estimate of drug-likeness (QED) is 0.741. The zero-order valence-corrected chi connectivity index (χ0v) is 14.8. The van der Waals surface area contributed by atoms with Crippen LogP contribution in [0.4, 0.5) is 14.5 Å². The first-order valence-corrected chi connectivity index (χ1v) is 8.68. The van der Waals surface area contributed by atoms with Gasteiger partial charge in [-0.1, -0.05) is 0 Å². The Balaban J connectivity index is 1.71. The van der Waals surface area contributed by atoms with Gasteiger partial charge in [-0.15, -0.1) is 0 Å². The van der Waals surface area contributed by atoms with Crippen molar-refractivity contribution in [2.45, 2.75) is 18.8 Å². The van der Waals surface area contributed by atoms with Crippen molar-refractivity contribution >= 4 is 11.6 Å². The summed E-state index contributed by atoms with van der Waals surface area (Å²) >= 11 is 0. The van der Waals surface area contributed by atoms with Gasteiger partial charge in [0.25, 0.3) is 11.8 Å². The van der Waals surface area contributed by atoms with Crippen molar-refractivity contribution in [3.05, 3.63) is 48.7 Å². The number of carbonyl (C=O) groups excluding carboxylic acids is 1. The first-order valence-electron chi connectivity index (χ1n) is 8.68. The predicted molar refractivity (Wildman–Crippen MR) is 96.9 cm³/mol. The predicted octanol–water partition coefficient (Wildman–Crippen LogP) is 2.18. The van der Waals surface area contributed by atoms with Gasteiger partial charge in [-0.05, 0) is 18.2 Å². The highest BCUT2D eigenvalue weighted by molar-refractivity contribution is 5.93. The minimum Gasteiger partial charge on any atom is -0.397 e. The third-order valence-corrected chi connectivity index (χ3v) is 4.53. The molecule has 1 fully saturated rings. The maximum Gasteiger partial charge on any atom is 0.274 e. The van der Waals surface area contributed by atoms with Gasteiger partial charge >= 0.3 is 0 Å². The Labute approximate surface area is 159 Å². The van der Waals surface area contributed by atoms with E-state index in [1.165, 1.54) is 34.4 Å². The zero-order chi connectivity index (χ0) is 19.7. The van der Waals surface area contributed by atoms with Crippen molar-refractivity contribution in [2.75, 3.05) is 18.8 Å². The summed E-state index contributed by atoms with van der Waals surface area (Å²) in [5.41, 5.74) is 7.38. The van der Waals surface area contributed by atoms with Crippen LogP contribution in [0.5, 0.6) is 0 Å². The summed E-state index contributed by atoms with van der Waals surface area (Å²) in [6, 6.07) is 4.96. The molecule has 0 aromatic carbocycles. The molecule has 0 radical (unpaired) electrons. The lowest BCUT2D eigenvalue weighted by atomic mass is 10.1. The average Bonchev–Trinajstić information content (AvgIpc) is 3.14. The topological polar surface area (TPSA) is 103 Å². The molecule has 1 aliphatic rings. The lowest BCUT2D eigenvalue weighted by Crippen LogP contribution is -2.42. The number of pyridine rings is 1. The van der Waals surface area contributed by atoms with Crippen molar-refractivity contribution < 1.29 is 13.6 Å². The lowest BCUT2D eigenvalue weighted by Gasteiger charge is -2.31. The Morgan fingerprint density at radius 1 is 1.11 bits per heavy atom. The van der Waals surface area contributed by atoms with Crippen LogP contribution in [-0.2, 0) is 0 Å². The van der Waals surface area contributed by atoms with Crippen molar-refractivity contribution in [1.29, 1.82) is 0 Å². The summed E-state index contributed by atoms with van der Waals surface area (Å²) in [7, 11) is 0. The van der Waals surface area contributed by atoms with Gasteiger partial charge in [0.2, 0.25) is 0 Å².